The van der Waals surface area contributed by atoms with Crippen molar-refractivity contribution in [3.05, 3.63) is 29.6 Å². The molecule has 19 heavy (non-hydrogen) atoms. The van der Waals surface area contributed by atoms with Crippen molar-refractivity contribution in [3.8, 4) is 0 Å². The molecule has 0 atom stereocenters. The fraction of sp³-hybridized carbons (Fsp3) is 0.500. The number of rotatable bonds is 7. The van der Waals surface area contributed by atoms with Crippen molar-refractivity contribution < 1.29 is 13.9 Å². The number of hydrogen-bond donors (Lipinski definition) is 2. The second-order valence-electron chi connectivity index (χ2n) is 4.87. The summed E-state index contributed by atoms with van der Waals surface area (Å²) in [7, 11) is 0. The number of ether oxygens (including phenoxy) is 1. The van der Waals surface area contributed by atoms with E-state index in [1.54, 1.807) is 0 Å². The molecule has 1 aliphatic rings. The van der Waals surface area contributed by atoms with Gasteiger partial charge in [0.15, 0.2) is 0 Å². The van der Waals surface area contributed by atoms with Crippen LogP contribution in [-0.2, 0) is 4.74 Å². The predicted molar refractivity (Wildman–Crippen MR) is 71.3 cm³/mol. The minimum Gasteiger partial charge on any atom is -0.399 e. The molecule has 3 N–H and O–H groups in total. The van der Waals surface area contributed by atoms with Crippen LogP contribution >= 0.6 is 0 Å². The van der Waals surface area contributed by atoms with Crippen LogP contribution in [0, 0.1) is 11.7 Å². The lowest BCUT2D eigenvalue weighted by Gasteiger charge is -2.07. The van der Waals surface area contributed by atoms with Gasteiger partial charge >= 0.3 is 0 Å². The zero-order valence-electron chi connectivity index (χ0n) is 10.8. The van der Waals surface area contributed by atoms with E-state index >= 15 is 0 Å². The van der Waals surface area contributed by atoms with Crippen LogP contribution in [0.3, 0.4) is 0 Å². The van der Waals surface area contributed by atoms with E-state index in [1.165, 1.54) is 31.0 Å². The third-order valence-corrected chi connectivity index (χ3v) is 3.04. The molecule has 0 radical (unpaired) electrons. The maximum atomic E-state index is 13.4. The third kappa shape index (κ3) is 4.52. The maximum absolute atomic E-state index is 13.4. The number of benzene rings is 1. The van der Waals surface area contributed by atoms with E-state index in [2.05, 4.69) is 5.32 Å². The molecule has 0 aliphatic heterocycles. The standard InChI is InChI=1S/C14H19FN2O2/c15-13-5-4-11(16)8-12(13)14(18)17-6-1-7-19-9-10-2-3-10/h4-5,8,10H,1-3,6-7,9,16H2,(H,17,18). The highest BCUT2D eigenvalue weighted by Gasteiger charge is 2.20. The number of carbonyl (C=O) groups excluding carboxylic acids is 1. The van der Waals surface area contributed by atoms with Gasteiger partial charge in [-0.05, 0) is 43.4 Å². The molecule has 0 spiro atoms. The number of hydrogen-bond acceptors (Lipinski definition) is 3. The second kappa shape index (κ2) is 6.52. The van der Waals surface area contributed by atoms with Gasteiger partial charge in [0.2, 0.25) is 0 Å². The summed E-state index contributed by atoms with van der Waals surface area (Å²) in [5.74, 6) is -0.250. The Morgan fingerprint density at radius 2 is 2.26 bits per heavy atom. The normalized spacial score (nSPS) is 14.4. The van der Waals surface area contributed by atoms with Gasteiger partial charge in [0.05, 0.1) is 5.56 Å². The summed E-state index contributed by atoms with van der Waals surface area (Å²) in [5.41, 5.74) is 5.89. The first kappa shape index (κ1) is 13.8. The number of halogens is 1. The van der Waals surface area contributed by atoms with E-state index in [4.69, 9.17) is 10.5 Å². The average Bonchev–Trinajstić information content (AvgIpc) is 3.20. The lowest BCUT2D eigenvalue weighted by atomic mass is 10.1. The van der Waals surface area contributed by atoms with Crippen LogP contribution in [0.2, 0.25) is 0 Å². The Morgan fingerprint density at radius 3 is 3.00 bits per heavy atom. The fourth-order valence-corrected chi connectivity index (χ4v) is 1.72. The molecule has 2 rings (SSSR count). The van der Waals surface area contributed by atoms with E-state index in [0.29, 0.717) is 18.8 Å². The Kier molecular flexibility index (Phi) is 4.74. The van der Waals surface area contributed by atoms with E-state index in [1.807, 2.05) is 0 Å². The van der Waals surface area contributed by atoms with Crippen LogP contribution in [0.25, 0.3) is 0 Å². The molecule has 0 saturated heterocycles. The van der Waals surface area contributed by atoms with Crippen molar-refractivity contribution in [1.29, 1.82) is 0 Å². The van der Waals surface area contributed by atoms with Crippen molar-refractivity contribution in [1.82, 2.24) is 5.32 Å². The summed E-state index contributed by atoms with van der Waals surface area (Å²) in [4.78, 5) is 11.7. The van der Waals surface area contributed by atoms with Gasteiger partial charge in [-0.25, -0.2) is 4.39 Å². The van der Waals surface area contributed by atoms with Crippen molar-refractivity contribution in [2.75, 3.05) is 25.5 Å². The maximum Gasteiger partial charge on any atom is 0.254 e. The van der Waals surface area contributed by atoms with E-state index in [-0.39, 0.29) is 5.56 Å². The molecule has 104 valence electrons. The highest BCUT2D eigenvalue weighted by Crippen LogP contribution is 2.28. The van der Waals surface area contributed by atoms with Crippen molar-refractivity contribution in [2.24, 2.45) is 5.92 Å². The highest BCUT2D eigenvalue weighted by atomic mass is 19.1. The Labute approximate surface area is 112 Å². The van der Waals surface area contributed by atoms with Gasteiger partial charge in [-0.3, -0.25) is 4.79 Å². The summed E-state index contributed by atoms with van der Waals surface area (Å²) in [5, 5.41) is 2.66. The van der Waals surface area contributed by atoms with Crippen molar-refractivity contribution >= 4 is 11.6 Å². The topological polar surface area (TPSA) is 64.4 Å². The van der Waals surface area contributed by atoms with Crippen LogP contribution < -0.4 is 11.1 Å². The molecule has 1 fully saturated rings. The van der Waals surface area contributed by atoms with Gasteiger partial charge in [0, 0.05) is 25.4 Å². The minimum atomic E-state index is -0.559. The number of nitrogens with one attached hydrogen (secondary N) is 1. The fourth-order valence-electron chi connectivity index (χ4n) is 1.72. The van der Waals surface area contributed by atoms with E-state index < -0.39 is 11.7 Å². The van der Waals surface area contributed by atoms with Crippen LogP contribution in [0.15, 0.2) is 18.2 Å². The Hall–Kier alpha value is -1.62. The van der Waals surface area contributed by atoms with Crippen molar-refractivity contribution in [3.63, 3.8) is 0 Å². The van der Waals surface area contributed by atoms with Gasteiger partial charge in [-0.2, -0.15) is 0 Å². The number of amides is 1. The predicted octanol–water partition coefficient (Wildman–Crippen LogP) is 1.95. The molecule has 4 nitrogen and oxygen atoms in total. The van der Waals surface area contributed by atoms with Gasteiger partial charge in [0.1, 0.15) is 5.82 Å². The zero-order chi connectivity index (χ0) is 13.7. The SMILES string of the molecule is Nc1ccc(F)c(C(=O)NCCCOCC2CC2)c1. The Balaban J connectivity index is 1.66. The molecular formula is C14H19FN2O2. The molecular weight excluding hydrogens is 247 g/mol. The average molecular weight is 266 g/mol. The molecule has 0 aromatic heterocycles. The van der Waals surface area contributed by atoms with Crippen LogP contribution in [0.5, 0.6) is 0 Å². The number of carbonyl (C=O) groups is 1. The zero-order valence-corrected chi connectivity index (χ0v) is 10.8. The van der Waals surface area contributed by atoms with Crippen LogP contribution in [0.1, 0.15) is 29.6 Å². The molecule has 1 aliphatic carbocycles. The molecule has 1 aromatic rings. The van der Waals surface area contributed by atoms with E-state index in [9.17, 15) is 9.18 Å². The summed E-state index contributed by atoms with van der Waals surface area (Å²) < 4.78 is 18.8. The van der Waals surface area contributed by atoms with Gasteiger partial charge in [-0.1, -0.05) is 0 Å². The lowest BCUT2D eigenvalue weighted by molar-refractivity contribution is 0.0933. The quantitative estimate of drug-likeness (QED) is 0.585. The molecule has 0 unspecified atom stereocenters. The summed E-state index contributed by atoms with van der Waals surface area (Å²) in [6.45, 7) is 1.91. The molecule has 1 aromatic carbocycles. The molecule has 0 heterocycles. The van der Waals surface area contributed by atoms with Crippen LogP contribution in [0.4, 0.5) is 10.1 Å². The first-order chi connectivity index (χ1) is 9.16. The molecule has 1 saturated carbocycles. The monoisotopic (exact) mass is 266 g/mol. The second-order valence-corrected chi connectivity index (χ2v) is 4.87. The van der Waals surface area contributed by atoms with E-state index in [0.717, 1.165) is 18.9 Å². The summed E-state index contributed by atoms with van der Waals surface area (Å²) in [6.07, 6.45) is 3.26. The van der Waals surface area contributed by atoms with Gasteiger partial charge in [-0.15, -0.1) is 0 Å². The summed E-state index contributed by atoms with van der Waals surface area (Å²) >= 11 is 0. The van der Waals surface area contributed by atoms with Gasteiger partial charge < -0.3 is 15.8 Å². The summed E-state index contributed by atoms with van der Waals surface area (Å²) in [6, 6.07) is 3.97. The lowest BCUT2D eigenvalue weighted by Crippen LogP contribution is -2.26. The largest absolute Gasteiger partial charge is 0.399 e. The van der Waals surface area contributed by atoms with Gasteiger partial charge in [0.25, 0.3) is 5.91 Å². The Morgan fingerprint density at radius 1 is 1.47 bits per heavy atom. The number of nitrogens with two attached hydrogens (primary N) is 1. The molecule has 1 amide bonds. The number of anilines is 1. The smallest absolute Gasteiger partial charge is 0.254 e. The Bertz CT molecular complexity index is 447. The van der Waals surface area contributed by atoms with Crippen LogP contribution in [-0.4, -0.2) is 25.7 Å². The minimum absolute atomic E-state index is 0.0149. The molecule has 5 heteroatoms. The van der Waals surface area contributed by atoms with Crippen molar-refractivity contribution in [2.45, 2.75) is 19.3 Å². The highest BCUT2D eigenvalue weighted by molar-refractivity contribution is 5.95. The molecule has 0 bridgehead atoms. The first-order valence-corrected chi connectivity index (χ1v) is 6.58. The first-order valence-electron chi connectivity index (χ1n) is 6.58. The number of nitrogen functional groups attached to an aromatic ring is 1. The third-order valence-electron chi connectivity index (χ3n) is 3.04.